The van der Waals surface area contributed by atoms with Crippen molar-refractivity contribution >= 4 is 5.91 Å². The SMILES string of the molecule is CC1CN(C(=O)c2cc(F)ccc2C#CCCO)CC1C. The molecule has 0 aromatic heterocycles. The molecule has 0 radical (unpaired) electrons. The lowest BCUT2D eigenvalue weighted by atomic mass is 10.0. The zero-order valence-electron chi connectivity index (χ0n) is 12.4. The average Bonchev–Trinajstić information content (AvgIpc) is 2.79. The fourth-order valence-electron chi connectivity index (χ4n) is 2.48. The molecule has 1 aliphatic rings. The summed E-state index contributed by atoms with van der Waals surface area (Å²) in [5, 5.41) is 8.76. The number of benzene rings is 1. The van der Waals surface area contributed by atoms with Crippen molar-refractivity contribution in [2.45, 2.75) is 20.3 Å². The Hall–Kier alpha value is -1.86. The number of rotatable bonds is 2. The minimum absolute atomic E-state index is 0.0291. The van der Waals surface area contributed by atoms with E-state index in [1.807, 2.05) is 0 Å². The van der Waals surface area contributed by atoms with E-state index >= 15 is 0 Å². The quantitative estimate of drug-likeness (QED) is 0.849. The number of likely N-dealkylation sites (tertiary alicyclic amines) is 1. The topological polar surface area (TPSA) is 40.5 Å². The van der Waals surface area contributed by atoms with E-state index in [0.717, 1.165) is 0 Å². The average molecular weight is 289 g/mol. The van der Waals surface area contributed by atoms with Crippen LogP contribution in [0.2, 0.25) is 0 Å². The highest BCUT2D eigenvalue weighted by molar-refractivity contribution is 5.97. The summed E-state index contributed by atoms with van der Waals surface area (Å²) in [4.78, 5) is 14.4. The Bertz CT molecular complexity index is 578. The summed E-state index contributed by atoms with van der Waals surface area (Å²) < 4.78 is 13.5. The van der Waals surface area contributed by atoms with Crippen molar-refractivity contribution < 1.29 is 14.3 Å². The van der Waals surface area contributed by atoms with E-state index in [2.05, 4.69) is 25.7 Å². The Morgan fingerprint density at radius 2 is 2.05 bits per heavy atom. The van der Waals surface area contributed by atoms with Crippen molar-refractivity contribution in [1.82, 2.24) is 4.90 Å². The molecule has 0 saturated carbocycles. The molecule has 1 aliphatic heterocycles. The number of aliphatic hydroxyl groups excluding tert-OH is 1. The molecule has 2 unspecified atom stereocenters. The van der Waals surface area contributed by atoms with Gasteiger partial charge >= 0.3 is 0 Å². The van der Waals surface area contributed by atoms with Gasteiger partial charge in [0.25, 0.3) is 5.91 Å². The number of carbonyl (C=O) groups is 1. The molecule has 1 N–H and O–H groups in total. The Kier molecular flexibility index (Phi) is 4.98. The first-order valence-electron chi connectivity index (χ1n) is 7.21. The molecule has 112 valence electrons. The van der Waals surface area contributed by atoms with Crippen LogP contribution in [0.4, 0.5) is 4.39 Å². The van der Waals surface area contributed by atoms with Crippen LogP contribution in [0.3, 0.4) is 0 Å². The number of hydrogen-bond donors (Lipinski definition) is 1. The normalized spacial score (nSPS) is 21.0. The summed E-state index contributed by atoms with van der Waals surface area (Å²) in [6.07, 6.45) is 0.336. The first-order valence-corrected chi connectivity index (χ1v) is 7.21. The molecule has 1 aromatic carbocycles. The highest BCUT2D eigenvalue weighted by Crippen LogP contribution is 2.24. The van der Waals surface area contributed by atoms with Gasteiger partial charge in [0.2, 0.25) is 0 Å². The zero-order valence-corrected chi connectivity index (χ0v) is 12.4. The Labute approximate surface area is 124 Å². The van der Waals surface area contributed by atoms with Crippen LogP contribution in [-0.2, 0) is 0 Å². The largest absolute Gasteiger partial charge is 0.395 e. The molecular formula is C17H20FNO2. The molecule has 1 amide bonds. The van der Waals surface area contributed by atoms with Crippen molar-refractivity contribution in [3.8, 4) is 11.8 Å². The summed E-state index contributed by atoms with van der Waals surface area (Å²) in [5.41, 5.74) is 0.823. The number of nitrogens with zero attached hydrogens (tertiary/aromatic N) is 1. The van der Waals surface area contributed by atoms with Crippen LogP contribution in [0.1, 0.15) is 36.2 Å². The van der Waals surface area contributed by atoms with Gasteiger partial charge in [-0.3, -0.25) is 4.79 Å². The first-order chi connectivity index (χ1) is 10.0. The summed E-state index contributed by atoms with van der Waals surface area (Å²) in [7, 11) is 0. The third kappa shape index (κ3) is 3.62. The van der Waals surface area contributed by atoms with Gasteiger partial charge in [-0.05, 0) is 30.0 Å². The maximum atomic E-state index is 13.5. The van der Waals surface area contributed by atoms with Crippen molar-refractivity contribution in [2.24, 2.45) is 11.8 Å². The molecular weight excluding hydrogens is 269 g/mol. The van der Waals surface area contributed by atoms with Crippen LogP contribution in [-0.4, -0.2) is 35.6 Å². The Balaban J connectivity index is 2.28. The first kappa shape index (κ1) is 15.5. The van der Waals surface area contributed by atoms with Crippen molar-refractivity contribution in [2.75, 3.05) is 19.7 Å². The highest BCUT2D eigenvalue weighted by Gasteiger charge is 2.30. The third-order valence-corrected chi connectivity index (χ3v) is 3.95. The number of amides is 1. The van der Waals surface area contributed by atoms with Crippen LogP contribution in [0.5, 0.6) is 0 Å². The van der Waals surface area contributed by atoms with Crippen LogP contribution in [0.25, 0.3) is 0 Å². The number of hydrogen-bond acceptors (Lipinski definition) is 2. The molecule has 0 spiro atoms. The third-order valence-electron chi connectivity index (χ3n) is 3.95. The predicted octanol–water partition coefficient (Wildman–Crippen LogP) is 2.29. The molecule has 21 heavy (non-hydrogen) atoms. The second-order valence-electron chi connectivity index (χ2n) is 5.63. The summed E-state index contributed by atoms with van der Waals surface area (Å²) in [6, 6.07) is 4.07. The van der Waals surface area contributed by atoms with Crippen LogP contribution < -0.4 is 0 Å². The molecule has 1 heterocycles. The van der Waals surface area contributed by atoms with E-state index in [0.29, 0.717) is 42.5 Å². The Morgan fingerprint density at radius 3 is 2.67 bits per heavy atom. The molecule has 2 atom stereocenters. The highest BCUT2D eigenvalue weighted by atomic mass is 19.1. The molecule has 1 saturated heterocycles. The van der Waals surface area contributed by atoms with Gasteiger partial charge in [-0.25, -0.2) is 4.39 Å². The van der Waals surface area contributed by atoms with Gasteiger partial charge in [-0.2, -0.15) is 0 Å². The van der Waals surface area contributed by atoms with Crippen molar-refractivity contribution in [3.63, 3.8) is 0 Å². The number of carbonyl (C=O) groups excluding carboxylic acids is 1. The summed E-state index contributed by atoms with van der Waals surface area (Å²) >= 11 is 0. The van der Waals surface area contributed by atoms with E-state index < -0.39 is 5.82 Å². The molecule has 2 rings (SSSR count). The van der Waals surface area contributed by atoms with E-state index in [4.69, 9.17) is 5.11 Å². The van der Waals surface area contributed by atoms with Gasteiger partial charge in [0.1, 0.15) is 5.82 Å². The fourth-order valence-corrected chi connectivity index (χ4v) is 2.48. The monoisotopic (exact) mass is 289 g/mol. The lowest BCUT2D eigenvalue weighted by molar-refractivity contribution is 0.0784. The van der Waals surface area contributed by atoms with E-state index in [9.17, 15) is 9.18 Å². The summed E-state index contributed by atoms with van der Waals surface area (Å²) in [5.74, 6) is 5.92. The summed E-state index contributed by atoms with van der Waals surface area (Å²) in [6.45, 7) is 5.59. The minimum atomic E-state index is -0.439. The molecule has 1 fully saturated rings. The molecule has 4 heteroatoms. The van der Waals surface area contributed by atoms with Gasteiger partial charge in [-0.15, -0.1) is 0 Å². The molecule has 3 nitrogen and oxygen atoms in total. The fraction of sp³-hybridized carbons (Fsp3) is 0.471. The van der Waals surface area contributed by atoms with Crippen molar-refractivity contribution in [1.29, 1.82) is 0 Å². The van der Waals surface area contributed by atoms with Crippen molar-refractivity contribution in [3.05, 3.63) is 35.1 Å². The van der Waals surface area contributed by atoms with Crippen LogP contribution in [0.15, 0.2) is 18.2 Å². The zero-order chi connectivity index (χ0) is 15.4. The maximum absolute atomic E-state index is 13.5. The second kappa shape index (κ2) is 6.73. The predicted molar refractivity (Wildman–Crippen MR) is 79.2 cm³/mol. The second-order valence-corrected chi connectivity index (χ2v) is 5.63. The minimum Gasteiger partial charge on any atom is -0.395 e. The smallest absolute Gasteiger partial charge is 0.255 e. The Morgan fingerprint density at radius 1 is 1.38 bits per heavy atom. The van der Waals surface area contributed by atoms with Gasteiger partial charge in [0.15, 0.2) is 0 Å². The van der Waals surface area contributed by atoms with Crippen LogP contribution in [0, 0.1) is 29.5 Å². The van der Waals surface area contributed by atoms with Gasteiger partial charge in [0, 0.05) is 25.1 Å². The van der Waals surface area contributed by atoms with Gasteiger partial charge in [0.05, 0.1) is 12.2 Å². The van der Waals surface area contributed by atoms with E-state index in [1.165, 1.54) is 18.2 Å². The van der Waals surface area contributed by atoms with E-state index in [1.54, 1.807) is 4.90 Å². The molecule has 0 bridgehead atoms. The van der Waals surface area contributed by atoms with E-state index in [-0.39, 0.29) is 12.5 Å². The molecule has 1 aromatic rings. The van der Waals surface area contributed by atoms with Gasteiger partial charge < -0.3 is 10.0 Å². The lowest BCUT2D eigenvalue weighted by Crippen LogP contribution is -2.29. The lowest BCUT2D eigenvalue weighted by Gasteiger charge is -2.17. The van der Waals surface area contributed by atoms with Crippen LogP contribution >= 0.6 is 0 Å². The number of halogens is 1. The van der Waals surface area contributed by atoms with Gasteiger partial charge in [-0.1, -0.05) is 25.7 Å². The number of aliphatic hydroxyl groups is 1. The standard InChI is InChI=1S/C17H20FNO2/c1-12-10-19(11-13(12)2)17(21)16-9-15(18)7-6-14(16)5-3-4-8-20/h6-7,9,12-13,20H,4,8,10-11H2,1-2H3. The molecule has 0 aliphatic carbocycles. The maximum Gasteiger partial charge on any atom is 0.255 e.